The van der Waals surface area contributed by atoms with Crippen molar-refractivity contribution in [3.8, 4) is 20.5 Å². The molecule has 0 N–H and O–H groups in total. The fourth-order valence-electron chi connectivity index (χ4n) is 3.14. The molecule has 0 aliphatic carbocycles. The van der Waals surface area contributed by atoms with Gasteiger partial charge in [-0.1, -0.05) is 52.0 Å². The van der Waals surface area contributed by atoms with E-state index in [0.29, 0.717) is 11.8 Å². The average molecular weight is 483 g/mol. The van der Waals surface area contributed by atoms with Crippen molar-refractivity contribution < 1.29 is 0 Å². The van der Waals surface area contributed by atoms with Crippen molar-refractivity contribution in [1.29, 1.82) is 0 Å². The molecule has 0 aliphatic rings. The molecule has 4 aromatic heterocycles. The topological polar surface area (TPSA) is 25.8 Å². The van der Waals surface area contributed by atoms with Gasteiger partial charge in [0, 0.05) is 21.4 Å². The van der Waals surface area contributed by atoms with Crippen molar-refractivity contribution in [1.82, 2.24) is 9.97 Å². The van der Waals surface area contributed by atoms with Crippen LogP contribution in [0.5, 0.6) is 0 Å². The fourth-order valence-corrected chi connectivity index (χ4v) is 7.01. The summed E-state index contributed by atoms with van der Waals surface area (Å²) < 4.78 is 1.35. The normalized spacial score (nSPS) is 11.3. The molecule has 6 heteroatoms. The van der Waals surface area contributed by atoms with Gasteiger partial charge in [-0.15, -0.1) is 45.3 Å². The molecule has 0 unspecified atom stereocenters. The molecule has 0 amide bonds. The second-order valence-electron chi connectivity index (χ2n) is 7.99. The molecular weight excluding hydrogens is 457 g/mol. The lowest BCUT2D eigenvalue weighted by Gasteiger charge is -1.97. The molecule has 0 bridgehead atoms. The predicted octanol–water partition coefficient (Wildman–Crippen LogP) is 9.45. The van der Waals surface area contributed by atoms with Crippen LogP contribution in [0.25, 0.3) is 30.5 Å². The predicted molar refractivity (Wildman–Crippen MR) is 141 cm³/mol. The number of benzene rings is 1. The minimum absolute atomic E-state index is 0.512. The van der Waals surface area contributed by atoms with E-state index in [1.54, 1.807) is 34.0 Å². The maximum atomic E-state index is 4.77. The van der Waals surface area contributed by atoms with Crippen molar-refractivity contribution in [2.24, 2.45) is 0 Å². The van der Waals surface area contributed by atoms with Crippen LogP contribution < -0.4 is 0 Å². The van der Waals surface area contributed by atoms with Gasteiger partial charge in [-0.3, -0.25) is 0 Å². The molecule has 31 heavy (non-hydrogen) atoms. The molecule has 0 saturated heterocycles. The summed E-state index contributed by atoms with van der Waals surface area (Å²) in [4.78, 5) is 11.9. The Labute approximate surface area is 200 Å². The minimum atomic E-state index is 0.512. The highest BCUT2D eigenvalue weighted by atomic mass is 32.1. The number of fused-ring (bicyclic) bond motifs is 1. The summed E-state index contributed by atoms with van der Waals surface area (Å²) in [5.41, 5.74) is 3.70. The average Bonchev–Trinajstić information content (AvgIpc) is 3.53. The van der Waals surface area contributed by atoms with Gasteiger partial charge in [0.15, 0.2) is 0 Å². The zero-order valence-electron chi connectivity index (χ0n) is 18.4. The van der Waals surface area contributed by atoms with Gasteiger partial charge in [0.25, 0.3) is 0 Å². The number of hydrogen-bond donors (Lipinski definition) is 0. The molecule has 0 radical (unpaired) electrons. The monoisotopic (exact) mass is 482 g/mol. The molecule has 1 aromatic carbocycles. The third kappa shape index (κ3) is 4.98. The lowest BCUT2D eigenvalue weighted by Crippen LogP contribution is -1.85. The van der Waals surface area contributed by atoms with E-state index >= 15 is 0 Å². The first-order valence-electron chi connectivity index (χ1n) is 10.4. The Hall–Kier alpha value is -1.86. The number of aryl methyl sites for hydroxylation is 1. The summed E-state index contributed by atoms with van der Waals surface area (Å²) in [6, 6.07) is 12.8. The molecule has 0 fully saturated rings. The molecule has 2 nitrogen and oxygen atoms in total. The van der Waals surface area contributed by atoms with Crippen molar-refractivity contribution in [3.63, 3.8) is 0 Å². The fraction of sp³-hybridized carbons (Fsp3) is 0.280. The highest BCUT2D eigenvalue weighted by Gasteiger charge is 2.14. The first-order chi connectivity index (χ1) is 14.9. The highest BCUT2D eigenvalue weighted by molar-refractivity contribution is 7.22. The van der Waals surface area contributed by atoms with Gasteiger partial charge in [0.1, 0.15) is 5.01 Å². The van der Waals surface area contributed by atoms with E-state index in [9.17, 15) is 0 Å². The zero-order chi connectivity index (χ0) is 22.0. The van der Waals surface area contributed by atoms with Crippen molar-refractivity contribution >= 4 is 55.4 Å². The van der Waals surface area contributed by atoms with E-state index in [0.717, 1.165) is 10.7 Å². The Kier molecular flexibility index (Phi) is 7.02. The summed E-state index contributed by atoms with van der Waals surface area (Å²) >= 11 is 7.10. The molecule has 5 rings (SSSR count). The Balaban J connectivity index is 0.000000158. The molecule has 0 aliphatic heterocycles. The molecule has 4 heterocycles. The number of rotatable bonds is 4. The number of thiazole rings is 2. The second-order valence-corrected chi connectivity index (χ2v) is 11.7. The molecule has 0 atom stereocenters. The number of hydrogen-bond acceptors (Lipinski definition) is 6. The number of thiophene rings is 2. The van der Waals surface area contributed by atoms with Crippen LogP contribution in [0.15, 0.2) is 52.5 Å². The number of nitrogens with zero attached hydrogens (tertiary/aromatic N) is 2. The Bertz CT molecular complexity index is 1260. The lowest BCUT2D eigenvalue weighted by molar-refractivity contribution is 0.834. The maximum Gasteiger partial charge on any atom is 0.133 e. The molecular formula is C25H26N2S4. The van der Waals surface area contributed by atoms with Crippen LogP contribution in [-0.2, 0) is 0 Å². The van der Waals surface area contributed by atoms with Crippen molar-refractivity contribution in [2.45, 2.75) is 46.5 Å². The SMILES string of the molecule is CC(C)c1csc(-c2cccs2)n1.Cc1c(-c2csc(C(C)C)n2)sc2ccccc12. The van der Waals surface area contributed by atoms with Crippen LogP contribution in [0.3, 0.4) is 0 Å². The van der Waals surface area contributed by atoms with Crippen LogP contribution in [0.2, 0.25) is 0 Å². The standard InChI is InChI=1S/C15H15NS2.C10H11NS2/c1-9(2)15-16-12(8-17-15)14-10(3)11-6-4-5-7-13(11)18-14;1-7(2)8-6-13-10(11-8)9-4-3-5-12-9/h4-9H,1-3H3;3-7H,1-2H3. The molecule has 5 aromatic rings. The van der Waals surface area contributed by atoms with Gasteiger partial charge >= 0.3 is 0 Å². The van der Waals surface area contributed by atoms with Crippen LogP contribution in [0.1, 0.15) is 55.8 Å². The highest BCUT2D eigenvalue weighted by Crippen LogP contribution is 2.39. The lowest BCUT2D eigenvalue weighted by atomic mass is 10.1. The summed E-state index contributed by atoms with van der Waals surface area (Å²) in [7, 11) is 0. The van der Waals surface area contributed by atoms with Gasteiger partial charge in [-0.25, -0.2) is 9.97 Å². The van der Waals surface area contributed by atoms with Crippen molar-refractivity contribution in [3.05, 3.63) is 68.8 Å². The first kappa shape index (κ1) is 22.3. The first-order valence-corrected chi connectivity index (χ1v) is 13.8. The third-order valence-corrected chi connectivity index (χ3v) is 9.28. The van der Waals surface area contributed by atoms with Crippen LogP contribution in [0, 0.1) is 6.92 Å². The molecule has 0 saturated carbocycles. The Morgan fingerprint density at radius 2 is 1.61 bits per heavy atom. The largest absolute Gasteiger partial charge is 0.240 e. The smallest absolute Gasteiger partial charge is 0.133 e. The maximum absolute atomic E-state index is 4.77. The summed E-state index contributed by atoms with van der Waals surface area (Å²) in [5, 5.41) is 10.2. The van der Waals surface area contributed by atoms with E-state index in [2.05, 4.69) is 92.1 Å². The Morgan fingerprint density at radius 1 is 0.806 bits per heavy atom. The second kappa shape index (κ2) is 9.74. The van der Waals surface area contributed by atoms with Gasteiger partial charge in [-0.05, 0) is 41.3 Å². The van der Waals surface area contributed by atoms with Crippen LogP contribution in [-0.4, -0.2) is 9.97 Å². The molecule has 160 valence electrons. The van der Waals surface area contributed by atoms with Gasteiger partial charge in [-0.2, -0.15) is 0 Å². The van der Waals surface area contributed by atoms with E-state index in [-0.39, 0.29) is 0 Å². The van der Waals surface area contributed by atoms with Gasteiger partial charge in [0.2, 0.25) is 0 Å². The van der Waals surface area contributed by atoms with E-state index < -0.39 is 0 Å². The van der Waals surface area contributed by atoms with Gasteiger partial charge < -0.3 is 0 Å². The van der Waals surface area contributed by atoms with Crippen LogP contribution in [0.4, 0.5) is 0 Å². The van der Waals surface area contributed by atoms with Crippen molar-refractivity contribution in [2.75, 3.05) is 0 Å². The third-order valence-electron chi connectivity index (χ3n) is 4.94. The van der Waals surface area contributed by atoms with E-state index in [4.69, 9.17) is 4.98 Å². The minimum Gasteiger partial charge on any atom is -0.240 e. The summed E-state index contributed by atoms with van der Waals surface area (Å²) in [5.74, 6) is 1.04. The number of aromatic nitrogens is 2. The van der Waals surface area contributed by atoms with Gasteiger partial charge in [0.05, 0.1) is 26.1 Å². The zero-order valence-corrected chi connectivity index (χ0v) is 21.6. The van der Waals surface area contributed by atoms with Crippen LogP contribution >= 0.6 is 45.3 Å². The van der Waals surface area contributed by atoms with E-state index in [1.807, 2.05) is 11.3 Å². The summed E-state index contributed by atoms with van der Waals surface area (Å²) in [6.07, 6.45) is 0. The Morgan fingerprint density at radius 3 is 2.23 bits per heavy atom. The molecule has 0 spiro atoms. The quantitative estimate of drug-likeness (QED) is 0.255. The summed E-state index contributed by atoms with van der Waals surface area (Å²) in [6.45, 7) is 10.9. The van der Waals surface area contributed by atoms with E-state index in [1.165, 1.54) is 36.1 Å².